The Labute approximate surface area is 102 Å². The van der Waals surface area contributed by atoms with Gasteiger partial charge in [0, 0.05) is 6.07 Å². The second kappa shape index (κ2) is 4.02. The third-order valence-corrected chi connectivity index (χ3v) is 2.68. The van der Waals surface area contributed by atoms with E-state index in [0.29, 0.717) is 0 Å². The summed E-state index contributed by atoms with van der Waals surface area (Å²) in [5, 5.41) is 11.3. The minimum absolute atomic E-state index is 0.115. The molecule has 0 spiro atoms. The molecule has 1 saturated heterocycles. The fraction of sp³-hybridized carbons (Fsp3) is 0.364. The highest BCUT2D eigenvalue weighted by Crippen LogP contribution is 2.33. The van der Waals surface area contributed by atoms with Crippen molar-refractivity contribution < 1.29 is 18.9 Å². The highest BCUT2D eigenvalue weighted by molar-refractivity contribution is 5.97. The molecule has 0 atom stereocenters. The van der Waals surface area contributed by atoms with Crippen LogP contribution in [0.1, 0.15) is 13.8 Å². The van der Waals surface area contributed by atoms with Gasteiger partial charge < -0.3 is 0 Å². The molecule has 1 aromatic carbocycles. The monoisotopic (exact) mass is 254 g/mol. The molecule has 0 aromatic heterocycles. The van der Waals surface area contributed by atoms with E-state index in [0.717, 1.165) is 23.3 Å². The van der Waals surface area contributed by atoms with Crippen LogP contribution < -0.4 is 5.06 Å². The Bertz CT molecular complexity index is 530. The highest BCUT2D eigenvalue weighted by Gasteiger charge is 2.42. The van der Waals surface area contributed by atoms with E-state index in [-0.39, 0.29) is 23.9 Å². The van der Waals surface area contributed by atoms with Gasteiger partial charge in [-0.15, -0.1) is 0 Å². The summed E-state index contributed by atoms with van der Waals surface area (Å²) in [6.07, 6.45) is 0. The summed E-state index contributed by atoms with van der Waals surface area (Å²) in [5.74, 6) is -1.24. The van der Waals surface area contributed by atoms with Crippen molar-refractivity contribution in [2.45, 2.75) is 13.8 Å². The number of amides is 1. The quantitative estimate of drug-likeness (QED) is 0.598. The van der Waals surface area contributed by atoms with Crippen LogP contribution in [0.15, 0.2) is 18.2 Å². The van der Waals surface area contributed by atoms with Crippen molar-refractivity contribution in [2.75, 3.05) is 11.7 Å². The maximum Gasteiger partial charge on any atom is 0.272 e. The number of hydrogen-bond donors (Lipinski definition) is 0. The summed E-state index contributed by atoms with van der Waals surface area (Å²) < 4.78 is 13.7. The Hall–Kier alpha value is -2.02. The second-order valence-electron chi connectivity index (χ2n) is 4.65. The minimum Gasteiger partial charge on any atom is -0.271 e. The van der Waals surface area contributed by atoms with Gasteiger partial charge in [-0.2, -0.15) is 5.06 Å². The molecular formula is C11H11FN2O4. The molecule has 1 aromatic rings. The molecule has 1 heterocycles. The molecule has 0 saturated carbocycles. The molecule has 18 heavy (non-hydrogen) atoms. The van der Waals surface area contributed by atoms with E-state index in [1.165, 1.54) is 0 Å². The van der Waals surface area contributed by atoms with E-state index in [1.807, 2.05) is 0 Å². The molecule has 0 N–H and O–H groups in total. The molecular weight excluding hydrogens is 243 g/mol. The minimum atomic E-state index is -0.866. The first-order valence-electron chi connectivity index (χ1n) is 5.24. The van der Waals surface area contributed by atoms with Crippen LogP contribution in [0.2, 0.25) is 0 Å². The van der Waals surface area contributed by atoms with Crippen molar-refractivity contribution >= 4 is 17.3 Å². The molecule has 1 aliphatic heterocycles. The zero-order valence-electron chi connectivity index (χ0n) is 9.84. The first-order valence-corrected chi connectivity index (χ1v) is 5.24. The van der Waals surface area contributed by atoms with Crippen molar-refractivity contribution in [3.63, 3.8) is 0 Å². The lowest BCUT2D eigenvalue weighted by molar-refractivity contribution is -0.385. The fourth-order valence-corrected chi connectivity index (χ4v) is 1.57. The Morgan fingerprint density at radius 3 is 2.61 bits per heavy atom. The SMILES string of the molecule is CC1(C)CON(c2ccc([N+](=O)[O-])cc2F)C1=O. The van der Waals surface area contributed by atoms with Gasteiger partial charge in [0.15, 0.2) is 5.82 Å². The summed E-state index contributed by atoms with van der Waals surface area (Å²) in [6.45, 7) is 3.50. The average Bonchev–Trinajstić information content (AvgIpc) is 2.55. The number of rotatable bonds is 2. The van der Waals surface area contributed by atoms with Gasteiger partial charge >= 0.3 is 0 Å². The van der Waals surface area contributed by atoms with Gasteiger partial charge in [0.05, 0.1) is 23.0 Å². The van der Waals surface area contributed by atoms with E-state index in [2.05, 4.69) is 0 Å². The maximum atomic E-state index is 13.7. The molecule has 0 radical (unpaired) electrons. The zero-order valence-corrected chi connectivity index (χ0v) is 9.84. The van der Waals surface area contributed by atoms with Crippen LogP contribution in [0.4, 0.5) is 15.8 Å². The van der Waals surface area contributed by atoms with Crippen molar-refractivity contribution in [3.05, 3.63) is 34.1 Å². The third kappa shape index (κ3) is 1.92. The standard InChI is InChI=1S/C11H11FN2O4/c1-11(2)6-18-13(10(11)15)9-4-3-7(14(16)17)5-8(9)12/h3-5H,6H2,1-2H3. The molecule has 1 aliphatic rings. The number of halogens is 1. The second-order valence-corrected chi connectivity index (χ2v) is 4.65. The lowest BCUT2D eigenvalue weighted by Gasteiger charge is -2.16. The number of carbonyl (C=O) groups is 1. The van der Waals surface area contributed by atoms with Crippen LogP contribution in [0.25, 0.3) is 0 Å². The summed E-state index contributed by atoms with van der Waals surface area (Å²) in [5.41, 5.74) is -1.22. The summed E-state index contributed by atoms with van der Waals surface area (Å²) in [7, 11) is 0. The lowest BCUT2D eigenvalue weighted by Crippen LogP contribution is -2.31. The third-order valence-electron chi connectivity index (χ3n) is 2.68. The van der Waals surface area contributed by atoms with Gasteiger partial charge in [0.2, 0.25) is 0 Å². The van der Waals surface area contributed by atoms with Crippen LogP contribution >= 0.6 is 0 Å². The topological polar surface area (TPSA) is 72.7 Å². The van der Waals surface area contributed by atoms with Gasteiger partial charge in [-0.25, -0.2) is 4.39 Å². The molecule has 6 nitrogen and oxygen atoms in total. The van der Waals surface area contributed by atoms with Crippen molar-refractivity contribution in [2.24, 2.45) is 5.41 Å². The molecule has 96 valence electrons. The van der Waals surface area contributed by atoms with E-state index >= 15 is 0 Å². The van der Waals surface area contributed by atoms with E-state index in [4.69, 9.17) is 4.84 Å². The van der Waals surface area contributed by atoms with Gasteiger partial charge in [0.25, 0.3) is 11.6 Å². The number of nitro benzene ring substituents is 1. The first-order chi connectivity index (χ1) is 8.33. The number of carbonyl (C=O) groups excluding carboxylic acids is 1. The number of nitro groups is 1. The molecule has 2 rings (SSSR count). The Morgan fingerprint density at radius 2 is 2.17 bits per heavy atom. The van der Waals surface area contributed by atoms with Crippen LogP contribution in [0, 0.1) is 21.3 Å². The number of benzene rings is 1. The Kier molecular flexibility index (Phi) is 2.78. The summed E-state index contributed by atoms with van der Waals surface area (Å²) in [6, 6.07) is 3.05. The van der Waals surface area contributed by atoms with Crippen molar-refractivity contribution in [1.82, 2.24) is 0 Å². The number of nitrogens with zero attached hydrogens (tertiary/aromatic N) is 2. The lowest BCUT2D eigenvalue weighted by atomic mass is 9.95. The van der Waals surface area contributed by atoms with E-state index < -0.39 is 16.2 Å². The van der Waals surface area contributed by atoms with E-state index in [1.54, 1.807) is 13.8 Å². The predicted molar refractivity (Wildman–Crippen MR) is 60.3 cm³/mol. The van der Waals surface area contributed by atoms with Gasteiger partial charge in [-0.3, -0.25) is 19.7 Å². The molecule has 7 heteroatoms. The van der Waals surface area contributed by atoms with Crippen LogP contribution in [0.5, 0.6) is 0 Å². The van der Waals surface area contributed by atoms with Crippen LogP contribution in [0.3, 0.4) is 0 Å². The number of non-ortho nitro benzene ring substituents is 1. The van der Waals surface area contributed by atoms with Crippen LogP contribution in [-0.4, -0.2) is 17.4 Å². The van der Waals surface area contributed by atoms with Gasteiger partial charge in [0.1, 0.15) is 5.69 Å². The smallest absolute Gasteiger partial charge is 0.271 e. The maximum absolute atomic E-state index is 13.7. The van der Waals surface area contributed by atoms with Crippen molar-refractivity contribution in [3.8, 4) is 0 Å². The zero-order chi connectivity index (χ0) is 13.5. The first kappa shape index (κ1) is 12.4. The van der Waals surface area contributed by atoms with Gasteiger partial charge in [-0.05, 0) is 19.9 Å². The number of anilines is 1. The van der Waals surface area contributed by atoms with Crippen molar-refractivity contribution in [1.29, 1.82) is 0 Å². The summed E-state index contributed by atoms with van der Waals surface area (Å²) >= 11 is 0. The molecule has 1 amide bonds. The molecule has 0 aliphatic carbocycles. The molecule has 1 fully saturated rings. The Balaban J connectivity index is 2.36. The average molecular weight is 254 g/mol. The molecule has 0 unspecified atom stereocenters. The summed E-state index contributed by atoms with van der Waals surface area (Å²) in [4.78, 5) is 26.8. The number of hydroxylamine groups is 1. The normalized spacial score (nSPS) is 18.2. The number of hydrogen-bond acceptors (Lipinski definition) is 4. The highest BCUT2D eigenvalue weighted by atomic mass is 19.1. The van der Waals surface area contributed by atoms with E-state index in [9.17, 15) is 19.3 Å². The molecule has 0 bridgehead atoms. The van der Waals surface area contributed by atoms with Crippen LogP contribution in [-0.2, 0) is 9.63 Å². The largest absolute Gasteiger partial charge is 0.272 e. The Morgan fingerprint density at radius 1 is 1.50 bits per heavy atom. The predicted octanol–water partition coefficient (Wildman–Crippen LogP) is 2.04. The van der Waals surface area contributed by atoms with Gasteiger partial charge in [-0.1, -0.05) is 0 Å². The fourth-order valence-electron chi connectivity index (χ4n) is 1.57.